The predicted octanol–water partition coefficient (Wildman–Crippen LogP) is 2.86. The number of nitrogens with one attached hydrogen (secondary N) is 1. The van der Waals surface area contributed by atoms with E-state index in [1.54, 1.807) is 0 Å². The van der Waals surface area contributed by atoms with Gasteiger partial charge in [0.15, 0.2) is 0 Å². The smallest absolute Gasteiger partial charge is 0.227 e. The fourth-order valence-electron chi connectivity index (χ4n) is 3.11. The van der Waals surface area contributed by atoms with Gasteiger partial charge >= 0.3 is 0 Å². The highest BCUT2D eigenvalue weighted by Crippen LogP contribution is 2.23. The summed E-state index contributed by atoms with van der Waals surface area (Å²) in [5, 5.41) is 3.21. The summed E-state index contributed by atoms with van der Waals surface area (Å²) in [6.07, 6.45) is 4.01. The van der Waals surface area contributed by atoms with Gasteiger partial charge in [0.1, 0.15) is 5.75 Å². The number of para-hydroxylation sites is 1. The summed E-state index contributed by atoms with van der Waals surface area (Å²) in [6, 6.07) is 7.88. The summed E-state index contributed by atoms with van der Waals surface area (Å²) in [5.74, 6) is 1.81. The number of hydrogen-bond acceptors (Lipinski definition) is 3. The lowest BCUT2D eigenvalue weighted by Crippen LogP contribution is -2.39. The third kappa shape index (κ3) is 5.54. The third-order valence-corrected chi connectivity index (χ3v) is 4.45. The van der Waals surface area contributed by atoms with Crippen molar-refractivity contribution in [1.29, 1.82) is 0 Å². The van der Waals surface area contributed by atoms with Gasteiger partial charge in [0.05, 0.1) is 12.5 Å². The maximum Gasteiger partial charge on any atom is 0.227 e. The molecule has 0 bridgehead atoms. The van der Waals surface area contributed by atoms with E-state index < -0.39 is 0 Å². The van der Waals surface area contributed by atoms with E-state index in [2.05, 4.69) is 5.32 Å². The molecule has 0 aliphatic carbocycles. The van der Waals surface area contributed by atoms with Crippen molar-refractivity contribution in [2.24, 2.45) is 5.92 Å². The summed E-state index contributed by atoms with van der Waals surface area (Å²) in [7, 11) is 2.00. The van der Waals surface area contributed by atoms with Crippen LogP contribution in [0, 0.1) is 5.92 Å². The molecule has 1 heterocycles. The van der Waals surface area contributed by atoms with E-state index in [1.165, 1.54) is 6.42 Å². The molecule has 0 saturated carbocycles. The van der Waals surface area contributed by atoms with Gasteiger partial charge in [-0.2, -0.15) is 0 Å². The maximum absolute atomic E-state index is 12.6. The molecule has 1 aromatic rings. The van der Waals surface area contributed by atoms with E-state index >= 15 is 0 Å². The van der Waals surface area contributed by atoms with E-state index in [1.807, 2.05) is 50.1 Å². The number of hydrogen-bond donors (Lipinski definition) is 1. The number of rotatable bonds is 7. The van der Waals surface area contributed by atoms with E-state index in [9.17, 15) is 4.79 Å². The van der Waals surface area contributed by atoms with Crippen molar-refractivity contribution in [3.05, 3.63) is 29.8 Å². The second kappa shape index (κ2) is 8.92. The van der Waals surface area contributed by atoms with Gasteiger partial charge in [0, 0.05) is 18.7 Å². The molecule has 1 amide bonds. The van der Waals surface area contributed by atoms with Crippen molar-refractivity contribution >= 4 is 5.91 Å². The largest absolute Gasteiger partial charge is 0.491 e. The van der Waals surface area contributed by atoms with Gasteiger partial charge in [-0.3, -0.25) is 4.79 Å². The van der Waals surface area contributed by atoms with Crippen LogP contribution in [0.4, 0.5) is 0 Å². The molecule has 0 aromatic heterocycles. The zero-order chi connectivity index (χ0) is 16.7. The third-order valence-electron chi connectivity index (χ3n) is 4.45. The molecule has 1 fully saturated rings. The molecule has 1 saturated heterocycles. The fourth-order valence-corrected chi connectivity index (χ4v) is 3.11. The van der Waals surface area contributed by atoms with Gasteiger partial charge in [0.25, 0.3) is 0 Å². The Labute approximate surface area is 140 Å². The molecule has 1 aliphatic heterocycles. The molecular formula is C19H30N2O2. The van der Waals surface area contributed by atoms with E-state index in [-0.39, 0.29) is 12.0 Å². The van der Waals surface area contributed by atoms with E-state index in [0.29, 0.717) is 6.42 Å². The Hall–Kier alpha value is -1.55. The average Bonchev–Trinajstić information content (AvgIpc) is 2.54. The molecule has 1 N–H and O–H groups in total. The summed E-state index contributed by atoms with van der Waals surface area (Å²) in [4.78, 5) is 14.6. The molecular weight excluding hydrogens is 288 g/mol. The minimum Gasteiger partial charge on any atom is -0.491 e. The summed E-state index contributed by atoms with van der Waals surface area (Å²) >= 11 is 0. The molecule has 0 atom stereocenters. The Morgan fingerprint density at radius 3 is 2.65 bits per heavy atom. The van der Waals surface area contributed by atoms with Crippen molar-refractivity contribution in [1.82, 2.24) is 10.2 Å². The molecule has 4 nitrogen and oxygen atoms in total. The fraction of sp³-hybridized carbons (Fsp3) is 0.632. The molecule has 0 spiro atoms. The normalized spacial score (nSPS) is 15.9. The van der Waals surface area contributed by atoms with Gasteiger partial charge in [-0.05, 0) is 58.7 Å². The highest BCUT2D eigenvalue weighted by molar-refractivity contribution is 5.79. The lowest BCUT2D eigenvalue weighted by atomic mass is 9.93. The number of benzene rings is 1. The zero-order valence-corrected chi connectivity index (χ0v) is 14.7. The van der Waals surface area contributed by atoms with Crippen LogP contribution >= 0.6 is 0 Å². The number of piperidine rings is 1. The van der Waals surface area contributed by atoms with E-state index in [0.717, 1.165) is 49.7 Å². The Kier molecular flexibility index (Phi) is 6.90. The van der Waals surface area contributed by atoms with Gasteiger partial charge < -0.3 is 15.0 Å². The summed E-state index contributed by atoms with van der Waals surface area (Å²) in [5.41, 5.74) is 0.989. The zero-order valence-electron chi connectivity index (χ0n) is 14.7. The second-order valence-electron chi connectivity index (χ2n) is 6.67. The van der Waals surface area contributed by atoms with Crippen molar-refractivity contribution < 1.29 is 9.53 Å². The van der Waals surface area contributed by atoms with Gasteiger partial charge in [-0.1, -0.05) is 18.2 Å². The minimum absolute atomic E-state index is 0.120. The topological polar surface area (TPSA) is 41.6 Å². The second-order valence-corrected chi connectivity index (χ2v) is 6.67. The molecule has 0 unspecified atom stereocenters. The van der Waals surface area contributed by atoms with Crippen LogP contribution in [0.3, 0.4) is 0 Å². The van der Waals surface area contributed by atoms with Crippen LogP contribution in [-0.4, -0.2) is 43.6 Å². The predicted molar refractivity (Wildman–Crippen MR) is 93.8 cm³/mol. The standard InChI is InChI=1S/C19H30N2O2/c1-15(2)23-18-7-5-4-6-17(18)14-19(22)21-12-9-16(10-13-21)8-11-20-3/h4-7,15-16,20H,8-14H2,1-3H3. The Balaban J connectivity index is 1.88. The molecule has 1 aromatic carbocycles. The Bertz CT molecular complexity index is 494. The first-order chi connectivity index (χ1) is 11.1. The van der Waals surface area contributed by atoms with Gasteiger partial charge in [0.2, 0.25) is 5.91 Å². The quantitative estimate of drug-likeness (QED) is 0.840. The Morgan fingerprint density at radius 2 is 2.00 bits per heavy atom. The van der Waals surface area contributed by atoms with Crippen LogP contribution in [0.1, 0.15) is 38.7 Å². The number of amides is 1. The van der Waals surface area contributed by atoms with Crippen LogP contribution in [0.25, 0.3) is 0 Å². The molecule has 2 rings (SSSR count). The molecule has 0 radical (unpaired) electrons. The lowest BCUT2D eigenvalue weighted by molar-refractivity contribution is -0.131. The number of nitrogens with zero attached hydrogens (tertiary/aromatic N) is 1. The molecule has 23 heavy (non-hydrogen) atoms. The number of carbonyl (C=O) groups is 1. The average molecular weight is 318 g/mol. The van der Waals surface area contributed by atoms with Crippen molar-refractivity contribution in [2.75, 3.05) is 26.7 Å². The monoisotopic (exact) mass is 318 g/mol. The summed E-state index contributed by atoms with van der Waals surface area (Å²) < 4.78 is 5.82. The van der Waals surface area contributed by atoms with Crippen LogP contribution in [0.5, 0.6) is 5.75 Å². The first-order valence-corrected chi connectivity index (χ1v) is 8.77. The number of carbonyl (C=O) groups excluding carboxylic acids is 1. The van der Waals surface area contributed by atoms with E-state index in [4.69, 9.17) is 4.74 Å². The Morgan fingerprint density at radius 1 is 1.30 bits per heavy atom. The molecule has 128 valence electrons. The number of ether oxygens (including phenoxy) is 1. The van der Waals surface area contributed by atoms with Crippen molar-refractivity contribution in [3.8, 4) is 5.75 Å². The first kappa shape index (κ1) is 17.8. The van der Waals surface area contributed by atoms with Crippen LogP contribution in [0.2, 0.25) is 0 Å². The maximum atomic E-state index is 12.6. The summed E-state index contributed by atoms with van der Waals surface area (Å²) in [6.45, 7) is 6.86. The van der Waals surface area contributed by atoms with Crippen LogP contribution in [-0.2, 0) is 11.2 Å². The van der Waals surface area contributed by atoms with Gasteiger partial charge in [-0.25, -0.2) is 0 Å². The molecule has 1 aliphatic rings. The lowest BCUT2D eigenvalue weighted by Gasteiger charge is -2.32. The first-order valence-electron chi connectivity index (χ1n) is 8.77. The molecule has 4 heteroatoms. The van der Waals surface area contributed by atoms with Crippen molar-refractivity contribution in [3.63, 3.8) is 0 Å². The minimum atomic E-state index is 0.120. The van der Waals surface area contributed by atoms with Crippen LogP contribution < -0.4 is 10.1 Å². The van der Waals surface area contributed by atoms with Gasteiger partial charge in [-0.15, -0.1) is 0 Å². The highest BCUT2D eigenvalue weighted by atomic mass is 16.5. The SMILES string of the molecule is CNCCC1CCN(C(=O)Cc2ccccc2OC(C)C)CC1. The highest BCUT2D eigenvalue weighted by Gasteiger charge is 2.23. The van der Waals surface area contributed by atoms with Crippen molar-refractivity contribution in [2.45, 2.75) is 45.6 Å². The van der Waals surface area contributed by atoms with Crippen LogP contribution in [0.15, 0.2) is 24.3 Å². The number of likely N-dealkylation sites (tertiary alicyclic amines) is 1.